The Hall–Kier alpha value is -1.32. The van der Waals surface area contributed by atoms with Crippen molar-refractivity contribution in [2.45, 2.75) is 71.4 Å². The number of hydrogen-bond donors (Lipinski definition) is 2. The first kappa shape index (κ1) is 14.1. The van der Waals surface area contributed by atoms with Crippen molar-refractivity contribution in [3.63, 3.8) is 0 Å². The second-order valence-corrected chi connectivity index (χ2v) is 5.75. The Balaban J connectivity index is 2.06. The third-order valence-corrected chi connectivity index (χ3v) is 3.99. The molecule has 3 atom stereocenters. The molecule has 0 spiro atoms. The van der Waals surface area contributed by atoms with E-state index in [0.29, 0.717) is 18.0 Å². The monoisotopic (exact) mass is 262 g/mol. The summed E-state index contributed by atoms with van der Waals surface area (Å²) in [6.07, 6.45) is 6.91. The van der Waals surface area contributed by atoms with E-state index < -0.39 is 0 Å². The second kappa shape index (κ2) is 6.22. The van der Waals surface area contributed by atoms with E-state index in [-0.39, 0.29) is 0 Å². The van der Waals surface area contributed by atoms with Crippen LogP contribution in [0.15, 0.2) is 6.20 Å². The van der Waals surface area contributed by atoms with Gasteiger partial charge in [0.1, 0.15) is 5.82 Å². The predicted molar refractivity (Wildman–Crippen MR) is 80.8 cm³/mol. The average molecular weight is 262 g/mol. The Morgan fingerprint density at radius 2 is 1.95 bits per heavy atom. The molecule has 19 heavy (non-hydrogen) atoms. The van der Waals surface area contributed by atoms with Gasteiger partial charge in [0.15, 0.2) is 5.82 Å². The minimum atomic E-state index is 0.394. The average Bonchev–Trinajstić information content (AvgIpc) is 2.40. The summed E-state index contributed by atoms with van der Waals surface area (Å²) in [6, 6.07) is 0.801. The van der Waals surface area contributed by atoms with E-state index in [1.54, 1.807) is 0 Å². The molecule has 3 unspecified atom stereocenters. The van der Waals surface area contributed by atoms with E-state index in [1.165, 1.54) is 25.7 Å². The number of nitrogens with zero attached hydrogens (tertiary/aromatic N) is 2. The molecule has 4 nitrogen and oxygen atoms in total. The van der Waals surface area contributed by atoms with Crippen LogP contribution in [0.3, 0.4) is 0 Å². The third kappa shape index (κ3) is 3.37. The number of aromatic nitrogens is 2. The van der Waals surface area contributed by atoms with Crippen LogP contribution in [0.5, 0.6) is 0 Å². The van der Waals surface area contributed by atoms with Gasteiger partial charge in [0.2, 0.25) is 0 Å². The summed E-state index contributed by atoms with van der Waals surface area (Å²) in [6.45, 7) is 8.80. The molecule has 0 aromatic carbocycles. The Labute approximate surface area is 116 Å². The summed E-state index contributed by atoms with van der Waals surface area (Å²) in [5.41, 5.74) is 1.02. The van der Waals surface area contributed by atoms with Crippen LogP contribution in [0, 0.1) is 0 Å². The Morgan fingerprint density at radius 3 is 2.68 bits per heavy atom. The highest BCUT2D eigenvalue weighted by molar-refractivity contribution is 5.66. The first-order chi connectivity index (χ1) is 9.11. The fraction of sp³-hybridized carbons (Fsp3) is 0.733. The Bertz CT molecular complexity index is 419. The van der Waals surface area contributed by atoms with Gasteiger partial charge in [0.05, 0.1) is 11.9 Å². The predicted octanol–water partition coefficient (Wildman–Crippen LogP) is 3.77. The van der Waals surface area contributed by atoms with Crippen molar-refractivity contribution in [2.75, 3.05) is 10.6 Å². The molecule has 0 aliphatic carbocycles. The van der Waals surface area contributed by atoms with Crippen LogP contribution >= 0.6 is 0 Å². The molecular weight excluding hydrogens is 236 g/mol. The molecule has 1 aliphatic heterocycles. The van der Waals surface area contributed by atoms with Gasteiger partial charge in [-0.15, -0.1) is 0 Å². The van der Waals surface area contributed by atoms with Crippen molar-refractivity contribution in [1.82, 2.24) is 9.97 Å². The molecule has 0 saturated carbocycles. The van der Waals surface area contributed by atoms with Gasteiger partial charge in [-0.3, -0.25) is 0 Å². The smallest absolute Gasteiger partial charge is 0.153 e. The zero-order valence-corrected chi connectivity index (χ0v) is 12.5. The van der Waals surface area contributed by atoms with Gasteiger partial charge in [-0.05, 0) is 20.3 Å². The maximum atomic E-state index is 4.69. The lowest BCUT2D eigenvalue weighted by Crippen LogP contribution is -2.39. The summed E-state index contributed by atoms with van der Waals surface area (Å²) in [5.74, 6) is 2.36. The number of hydrogen-bond acceptors (Lipinski definition) is 4. The molecule has 2 rings (SSSR count). The number of nitrogens with one attached hydrogen (secondary N) is 2. The molecule has 0 amide bonds. The minimum Gasteiger partial charge on any atom is -0.376 e. The van der Waals surface area contributed by atoms with Gasteiger partial charge in [0, 0.05) is 18.0 Å². The molecule has 2 N–H and O–H groups in total. The van der Waals surface area contributed by atoms with E-state index in [9.17, 15) is 0 Å². The maximum absolute atomic E-state index is 4.69. The Morgan fingerprint density at radius 1 is 1.21 bits per heavy atom. The van der Waals surface area contributed by atoms with E-state index >= 15 is 0 Å². The quantitative estimate of drug-likeness (QED) is 0.793. The van der Waals surface area contributed by atoms with Crippen molar-refractivity contribution in [2.24, 2.45) is 0 Å². The molecule has 0 saturated heterocycles. The molecule has 0 fully saturated rings. The zero-order valence-electron chi connectivity index (χ0n) is 12.5. The van der Waals surface area contributed by atoms with Gasteiger partial charge in [-0.25, -0.2) is 9.97 Å². The SMILES string of the molecule is CCCCCC(C)c1ncc2c(n1)NC(C)C(C)N2. The van der Waals surface area contributed by atoms with E-state index in [1.807, 2.05) is 6.20 Å². The topological polar surface area (TPSA) is 49.8 Å². The molecule has 0 bridgehead atoms. The molecule has 4 heteroatoms. The second-order valence-electron chi connectivity index (χ2n) is 5.75. The van der Waals surface area contributed by atoms with Crippen molar-refractivity contribution in [3.8, 4) is 0 Å². The molecular formula is C15H26N4. The summed E-state index contributed by atoms with van der Waals surface area (Å²) in [5, 5.41) is 6.90. The zero-order chi connectivity index (χ0) is 13.8. The van der Waals surface area contributed by atoms with Crippen LogP contribution in [0.4, 0.5) is 11.5 Å². The molecule has 2 heterocycles. The minimum absolute atomic E-state index is 0.394. The van der Waals surface area contributed by atoms with Gasteiger partial charge in [-0.1, -0.05) is 33.1 Å². The maximum Gasteiger partial charge on any atom is 0.153 e. The van der Waals surface area contributed by atoms with E-state index in [4.69, 9.17) is 4.98 Å². The summed E-state index contributed by atoms with van der Waals surface area (Å²) < 4.78 is 0. The molecule has 1 aliphatic rings. The van der Waals surface area contributed by atoms with Gasteiger partial charge >= 0.3 is 0 Å². The lowest BCUT2D eigenvalue weighted by molar-refractivity contribution is 0.573. The van der Waals surface area contributed by atoms with Crippen LogP contribution in [0.2, 0.25) is 0 Å². The largest absolute Gasteiger partial charge is 0.376 e. The van der Waals surface area contributed by atoms with E-state index in [2.05, 4.69) is 43.3 Å². The molecule has 0 radical (unpaired) electrons. The number of unbranched alkanes of at least 4 members (excludes halogenated alkanes) is 2. The van der Waals surface area contributed by atoms with Gasteiger partial charge < -0.3 is 10.6 Å². The van der Waals surface area contributed by atoms with Crippen LogP contribution < -0.4 is 10.6 Å². The summed E-state index contributed by atoms with van der Waals surface area (Å²) in [7, 11) is 0. The van der Waals surface area contributed by atoms with Crippen LogP contribution in [0.1, 0.15) is 65.1 Å². The van der Waals surface area contributed by atoms with Crippen molar-refractivity contribution in [3.05, 3.63) is 12.0 Å². The third-order valence-electron chi connectivity index (χ3n) is 3.99. The Kier molecular flexibility index (Phi) is 4.61. The van der Waals surface area contributed by atoms with Crippen LogP contribution in [0.25, 0.3) is 0 Å². The molecule has 106 valence electrons. The highest BCUT2D eigenvalue weighted by Crippen LogP contribution is 2.28. The first-order valence-electron chi connectivity index (χ1n) is 7.51. The highest BCUT2D eigenvalue weighted by Gasteiger charge is 2.22. The van der Waals surface area contributed by atoms with Crippen molar-refractivity contribution in [1.29, 1.82) is 0 Å². The number of anilines is 2. The lowest BCUT2D eigenvalue weighted by atomic mass is 10.0. The summed E-state index contributed by atoms with van der Waals surface area (Å²) >= 11 is 0. The molecule has 1 aromatic heterocycles. The fourth-order valence-electron chi connectivity index (χ4n) is 2.39. The number of rotatable bonds is 5. The normalized spacial score (nSPS) is 23.2. The highest BCUT2D eigenvalue weighted by atomic mass is 15.2. The van der Waals surface area contributed by atoms with Crippen molar-refractivity contribution < 1.29 is 0 Å². The van der Waals surface area contributed by atoms with Gasteiger partial charge in [-0.2, -0.15) is 0 Å². The van der Waals surface area contributed by atoms with Crippen LogP contribution in [-0.4, -0.2) is 22.1 Å². The van der Waals surface area contributed by atoms with Gasteiger partial charge in [0.25, 0.3) is 0 Å². The van der Waals surface area contributed by atoms with Crippen molar-refractivity contribution >= 4 is 11.5 Å². The first-order valence-corrected chi connectivity index (χ1v) is 7.51. The fourth-order valence-corrected chi connectivity index (χ4v) is 2.39. The standard InChI is InChI=1S/C15H26N4/c1-5-6-7-8-10(2)14-16-9-13-15(19-14)18-12(4)11(3)17-13/h9-12,17H,5-8H2,1-4H3,(H,16,18,19). The number of fused-ring (bicyclic) bond motifs is 1. The van der Waals surface area contributed by atoms with E-state index in [0.717, 1.165) is 17.3 Å². The lowest BCUT2D eigenvalue weighted by Gasteiger charge is -2.31. The van der Waals surface area contributed by atoms with Crippen LogP contribution in [-0.2, 0) is 0 Å². The molecule has 1 aromatic rings. The summed E-state index contributed by atoms with van der Waals surface area (Å²) in [4.78, 5) is 9.21.